The number of nitrogens with zero attached hydrogens (tertiary/aromatic N) is 2. The van der Waals surface area contributed by atoms with Crippen LogP contribution in [0.4, 0.5) is 0 Å². The fourth-order valence-electron chi connectivity index (χ4n) is 2.21. The van der Waals surface area contributed by atoms with Gasteiger partial charge in [0, 0.05) is 23.5 Å². The predicted molar refractivity (Wildman–Crippen MR) is 95.2 cm³/mol. The van der Waals surface area contributed by atoms with E-state index in [1.807, 2.05) is 42.5 Å². The van der Waals surface area contributed by atoms with Crippen LogP contribution in [-0.4, -0.2) is 16.6 Å². The summed E-state index contributed by atoms with van der Waals surface area (Å²) in [5.41, 5.74) is 5.36. The topological polar surface area (TPSA) is 54.4 Å². The SMILES string of the molecule is O=C(NN=C(c1ccccc1)c1ccncc1)c1ccccc1Cl. The van der Waals surface area contributed by atoms with E-state index in [0.717, 1.165) is 11.1 Å². The predicted octanol–water partition coefficient (Wildman–Crippen LogP) is 3.92. The second kappa shape index (κ2) is 7.53. The number of benzene rings is 2. The Balaban J connectivity index is 1.93. The number of rotatable bonds is 4. The highest BCUT2D eigenvalue weighted by molar-refractivity contribution is 6.33. The van der Waals surface area contributed by atoms with Gasteiger partial charge in [0.2, 0.25) is 0 Å². The van der Waals surface area contributed by atoms with Crippen molar-refractivity contribution in [2.45, 2.75) is 0 Å². The molecule has 0 spiro atoms. The summed E-state index contributed by atoms with van der Waals surface area (Å²) in [6.45, 7) is 0. The monoisotopic (exact) mass is 335 g/mol. The first-order valence-corrected chi connectivity index (χ1v) is 7.72. The number of halogens is 1. The lowest BCUT2D eigenvalue weighted by atomic mass is 10.0. The minimum absolute atomic E-state index is 0.358. The molecule has 5 heteroatoms. The Morgan fingerprint density at radius 1 is 0.875 bits per heavy atom. The molecular formula is C19H14ClN3O. The summed E-state index contributed by atoms with van der Waals surface area (Å²) in [6.07, 6.45) is 3.37. The fraction of sp³-hybridized carbons (Fsp3) is 0. The smallest absolute Gasteiger partial charge is 0.267 e. The van der Waals surface area contributed by atoms with E-state index in [4.69, 9.17) is 11.6 Å². The molecule has 1 amide bonds. The quantitative estimate of drug-likeness (QED) is 0.580. The van der Waals surface area contributed by atoms with Gasteiger partial charge in [0.15, 0.2) is 0 Å². The van der Waals surface area contributed by atoms with Crippen LogP contribution in [0, 0.1) is 0 Å². The fourth-order valence-corrected chi connectivity index (χ4v) is 2.44. The Kier molecular flexibility index (Phi) is 4.99. The zero-order chi connectivity index (χ0) is 16.8. The zero-order valence-electron chi connectivity index (χ0n) is 12.7. The van der Waals surface area contributed by atoms with Crippen LogP contribution < -0.4 is 5.43 Å². The van der Waals surface area contributed by atoms with Crippen molar-refractivity contribution in [1.82, 2.24) is 10.4 Å². The molecule has 24 heavy (non-hydrogen) atoms. The number of amides is 1. The Morgan fingerprint density at radius 2 is 1.50 bits per heavy atom. The van der Waals surface area contributed by atoms with Gasteiger partial charge in [-0.05, 0) is 24.3 Å². The third-order valence-electron chi connectivity index (χ3n) is 3.39. The van der Waals surface area contributed by atoms with E-state index in [1.165, 1.54) is 0 Å². The van der Waals surface area contributed by atoms with Gasteiger partial charge in [0.25, 0.3) is 5.91 Å². The molecule has 0 radical (unpaired) electrons. The lowest BCUT2D eigenvalue weighted by molar-refractivity contribution is 0.0955. The standard InChI is InChI=1S/C19H14ClN3O/c20-17-9-5-4-8-16(17)19(24)23-22-18(14-6-2-1-3-7-14)15-10-12-21-13-11-15/h1-13H,(H,23,24). The van der Waals surface area contributed by atoms with E-state index in [9.17, 15) is 4.79 Å². The average molecular weight is 336 g/mol. The van der Waals surface area contributed by atoms with E-state index < -0.39 is 0 Å². The van der Waals surface area contributed by atoms with E-state index in [-0.39, 0.29) is 5.91 Å². The maximum absolute atomic E-state index is 12.3. The molecule has 0 atom stereocenters. The van der Waals surface area contributed by atoms with Crippen LogP contribution in [0.3, 0.4) is 0 Å². The van der Waals surface area contributed by atoms with Crippen LogP contribution in [0.5, 0.6) is 0 Å². The maximum Gasteiger partial charge on any atom is 0.272 e. The molecule has 0 saturated carbocycles. The van der Waals surface area contributed by atoms with Crippen molar-refractivity contribution >= 4 is 23.2 Å². The molecule has 0 aliphatic carbocycles. The van der Waals surface area contributed by atoms with Gasteiger partial charge < -0.3 is 0 Å². The van der Waals surface area contributed by atoms with Gasteiger partial charge in [0.1, 0.15) is 0 Å². The van der Waals surface area contributed by atoms with Gasteiger partial charge >= 0.3 is 0 Å². The second-order valence-electron chi connectivity index (χ2n) is 4.98. The summed E-state index contributed by atoms with van der Waals surface area (Å²) in [7, 11) is 0. The van der Waals surface area contributed by atoms with E-state index in [0.29, 0.717) is 16.3 Å². The summed E-state index contributed by atoms with van der Waals surface area (Å²) < 4.78 is 0. The van der Waals surface area contributed by atoms with Crippen LogP contribution in [-0.2, 0) is 0 Å². The lowest BCUT2D eigenvalue weighted by Crippen LogP contribution is -2.21. The molecule has 2 aromatic carbocycles. The Hall–Kier alpha value is -2.98. The Morgan fingerprint density at radius 3 is 2.21 bits per heavy atom. The van der Waals surface area contributed by atoms with E-state index >= 15 is 0 Å². The number of carbonyl (C=O) groups excluding carboxylic acids is 1. The van der Waals surface area contributed by atoms with Crippen LogP contribution in [0.15, 0.2) is 84.2 Å². The van der Waals surface area contributed by atoms with E-state index in [1.54, 1.807) is 36.7 Å². The Bertz CT molecular complexity index is 823. The molecular weight excluding hydrogens is 322 g/mol. The lowest BCUT2D eigenvalue weighted by Gasteiger charge is -2.08. The van der Waals surface area contributed by atoms with Gasteiger partial charge in [-0.1, -0.05) is 54.1 Å². The highest BCUT2D eigenvalue weighted by Gasteiger charge is 2.11. The van der Waals surface area contributed by atoms with E-state index in [2.05, 4.69) is 15.5 Å². The second-order valence-corrected chi connectivity index (χ2v) is 5.39. The molecule has 0 saturated heterocycles. The molecule has 3 aromatic rings. The Labute approximate surface area is 144 Å². The summed E-state index contributed by atoms with van der Waals surface area (Å²) in [4.78, 5) is 16.3. The van der Waals surface area contributed by atoms with Crippen LogP contribution >= 0.6 is 11.6 Å². The largest absolute Gasteiger partial charge is 0.272 e. The average Bonchev–Trinajstić information content (AvgIpc) is 2.64. The molecule has 0 aliphatic rings. The molecule has 3 rings (SSSR count). The molecule has 0 bridgehead atoms. The van der Waals surface area contributed by atoms with Crippen LogP contribution in [0.2, 0.25) is 5.02 Å². The molecule has 1 aromatic heterocycles. The van der Waals surface area contributed by atoms with Crippen molar-refractivity contribution in [1.29, 1.82) is 0 Å². The van der Waals surface area contributed by atoms with Crippen molar-refractivity contribution in [2.24, 2.45) is 5.10 Å². The van der Waals surface area contributed by atoms with Gasteiger partial charge in [-0.2, -0.15) is 5.10 Å². The summed E-state index contributed by atoms with van der Waals surface area (Å²) in [6, 6.07) is 20.2. The number of nitrogens with one attached hydrogen (secondary N) is 1. The maximum atomic E-state index is 12.3. The van der Waals surface area contributed by atoms with Crippen LogP contribution in [0.1, 0.15) is 21.5 Å². The van der Waals surface area contributed by atoms with Gasteiger partial charge in [-0.3, -0.25) is 9.78 Å². The third-order valence-corrected chi connectivity index (χ3v) is 3.72. The van der Waals surface area contributed by atoms with Crippen molar-refractivity contribution in [3.63, 3.8) is 0 Å². The molecule has 0 unspecified atom stereocenters. The van der Waals surface area contributed by atoms with Gasteiger partial charge in [0.05, 0.1) is 16.3 Å². The van der Waals surface area contributed by atoms with Gasteiger partial charge in [-0.15, -0.1) is 0 Å². The van der Waals surface area contributed by atoms with Crippen LogP contribution in [0.25, 0.3) is 0 Å². The first kappa shape index (κ1) is 15.9. The molecule has 118 valence electrons. The minimum atomic E-state index is -0.358. The molecule has 0 aliphatic heterocycles. The highest BCUT2D eigenvalue weighted by atomic mass is 35.5. The van der Waals surface area contributed by atoms with Gasteiger partial charge in [-0.25, -0.2) is 5.43 Å². The summed E-state index contributed by atoms with van der Waals surface area (Å²) in [5.74, 6) is -0.358. The zero-order valence-corrected chi connectivity index (χ0v) is 13.4. The van der Waals surface area contributed by atoms with Crippen molar-refractivity contribution in [2.75, 3.05) is 0 Å². The third kappa shape index (κ3) is 3.67. The molecule has 1 N–H and O–H groups in total. The molecule has 0 fully saturated rings. The van der Waals surface area contributed by atoms with Crippen molar-refractivity contribution in [3.8, 4) is 0 Å². The molecule has 1 heterocycles. The van der Waals surface area contributed by atoms with Crippen molar-refractivity contribution in [3.05, 3.63) is 101 Å². The number of aromatic nitrogens is 1. The number of hydrogen-bond donors (Lipinski definition) is 1. The minimum Gasteiger partial charge on any atom is -0.267 e. The summed E-state index contributed by atoms with van der Waals surface area (Å²) in [5, 5.41) is 4.70. The first-order chi connectivity index (χ1) is 11.8. The number of hydrogen-bond acceptors (Lipinski definition) is 3. The summed E-state index contributed by atoms with van der Waals surface area (Å²) >= 11 is 6.05. The first-order valence-electron chi connectivity index (χ1n) is 7.34. The normalized spacial score (nSPS) is 11.1. The number of pyridine rings is 1. The highest BCUT2D eigenvalue weighted by Crippen LogP contribution is 2.15. The number of carbonyl (C=O) groups is 1. The molecule has 4 nitrogen and oxygen atoms in total. The number of hydrazone groups is 1. The van der Waals surface area contributed by atoms with Crippen molar-refractivity contribution < 1.29 is 4.79 Å².